The van der Waals surface area contributed by atoms with Crippen LogP contribution in [0.3, 0.4) is 0 Å². The van der Waals surface area contributed by atoms with Gasteiger partial charge < -0.3 is 21.1 Å². The zero-order valence-electron chi connectivity index (χ0n) is 17.8. The maximum Gasteiger partial charge on any atom is 0.220 e. The van der Waals surface area contributed by atoms with Crippen LogP contribution in [0.2, 0.25) is 0 Å². The van der Waals surface area contributed by atoms with E-state index in [1.165, 1.54) is 19.2 Å². The lowest BCUT2D eigenvalue weighted by atomic mass is 10.00. The number of benzene rings is 2. The molecule has 2 atom stereocenters. The second-order valence-electron chi connectivity index (χ2n) is 7.52. The molecule has 2 amide bonds. The number of amides is 2. The van der Waals surface area contributed by atoms with Gasteiger partial charge in [0.2, 0.25) is 11.8 Å². The van der Waals surface area contributed by atoms with Crippen LogP contribution in [-0.4, -0.2) is 42.7 Å². The molecule has 0 aromatic heterocycles. The van der Waals surface area contributed by atoms with Crippen molar-refractivity contribution in [1.82, 2.24) is 16.0 Å². The Kier molecular flexibility index (Phi) is 9.55. The first-order valence-electron chi connectivity index (χ1n) is 10.2. The molecule has 0 aliphatic heterocycles. The van der Waals surface area contributed by atoms with E-state index in [1.807, 2.05) is 31.2 Å². The molecule has 0 aliphatic rings. The van der Waals surface area contributed by atoms with E-state index in [2.05, 4.69) is 16.0 Å². The quantitative estimate of drug-likeness (QED) is 0.436. The zero-order valence-corrected chi connectivity index (χ0v) is 17.8. The summed E-state index contributed by atoms with van der Waals surface area (Å²) < 4.78 is 27.1. The van der Waals surface area contributed by atoms with Crippen molar-refractivity contribution in [1.29, 1.82) is 0 Å². The first kappa shape index (κ1) is 24.4. The van der Waals surface area contributed by atoms with Gasteiger partial charge in [-0.05, 0) is 36.6 Å². The fraction of sp³-hybridized carbons (Fsp3) is 0.391. The highest BCUT2D eigenvalue weighted by atomic mass is 19.1. The van der Waals surface area contributed by atoms with Crippen LogP contribution in [0.5, 0.6) is 0 Å². The molecule has 0 heterocycles. The van der Waals surface area contributed by atoms with E-state index in [0.717, 1.165) is 17.2 Å². The Hall–Kier alpha value is -2.84. The van der Waals surface area contributed by atoms with Crippen molar-refractivity contribution in [3.63, 3.8) is 0 Å². The van der Waals surface area contributed by atoms with Crippen molar-refractivity contribution < 1.29 is 23.5 Å². The summed E-state index contributed by atoms with van der Waals surface area (Å²) in [7, 11) is 1.48. The Bertz CT molecular complexity index is 872. The summed E-state index contributed by atoms with van der Waals surface area (Å²) >= 11 is 0. The molecule has 0 bridgehead atoms. The summed E-state index contributed by atoms with van der Waals surface area (Å²) in [5.74, 6) is -2.17. The van der Waals surface area contributed by atoms with Crippen molar-refractivity contribution in [2.75, 3.05) is 13.6 Å². The largest absolute Gasteiger partial charge is 0.390 e. The van der Waals surface area contributed by atoms with Crippen LogP contribution >= 0.6 is 0 Å². The van der Waals surface area contributed by atoms with Crippen molar-refractivity contribution in [2.45, 2.75) is 44.9 Å². The minimum absolute atomic E-state index is 0.00531. The molecule has 8 heteroatoms. The van der Waals surface area contributed by atoms with E-state index in [1.54, 1.807) is 0 Å². The van der Waals surface area contributed by atoms with Crippen molar-refractivity contribution in [2.24, 2.45) is 0 Å². The molecular weight excluding hydrogens is 404 g/mol. The summed E-state index contributed by atoms with van der Waals surface area (Å²) in [5, 5.41) is 18.9. The molecule has 0 spiro atoms. The fourth-order valence-corrected chi connectivity index (χ4v) is 3.23. The normalized spacial score (nSPS) is 12.8. The molecule has 0 aliphatic carbocycles. The van der Waals surface area contributed by atoms with Crippen molar-refractivity contribution in [3.8, 4) is 0 Å². The summed E-state index contributed by atoms with van der Waals surface area (Å²) in [4.78, 5) is 23.6. The summed E-state index contributed by atoms with van der Waals surface area (Å²) in [6.45, 7) is 2.66. The summed E-state index contributed by atoms with van der Waals surface area (Å²) in [6, 6.07) is 10.2. The maximum absolute atomic E-state index is 13.6. The highest BCUT2D eigenvalue weighted by Gasteiger charge is 2.22. The SMILES string of the molecule is CNC(=O)CCC(=O)N[C@@H](Cc1cc(F)cc(F)c1)[C@H](O)CNCc1cccc(C)c1. The lowest BCUT2D eigenvalue weighted by molar-refractivity contribution is -0.127. The number of carbonyl (C=O) groups is 2. The number of hydrogen-bond donors (Lipinski definition) is 4. The van der Waals surface area contributed by atoms with Gasteiger partial charge in [0.15, 0.2) is 0 Å². The zero-order chi connectivity index (χ0) is 22.8. The predicted molar refractivity (Wildman–Crippen MR) is 114 cm³/mol. The van der Waals surface area contributed by atoms with Gasteiger partial charge in [0.25, 0.3) is 0 Å². The van der Waals surface area contributed by atoms with Gasteiger partial charge >= 0.3 is 0 Å². The number of carbonyl (C=O) groups excluding carboxylic acids is 2. The van der Waals surface area contributed by atoms with Gasteiger partial charge in [-0.1, -0.05) is 29.8 Å². The highest BCUT2D eigenvalue weighted by molar-refractivity contribution is 5.83. The molecular formula is C23H29F2N3O3. The molecule has 6 nitrogen and oxygen atoms in total. The Morgan fingerprint density at radius 3 is 2.32 bits per heavy atom. The maximum atomic E-state index is 13.6. The Morgan fingerprint density at radius 2 is 1.68 bits per heavy atom. The molecule has 0 fully saturated rings. The van der Waals surface area contributed by atoms with Crippen molar-refractivity contribution in [3.05, 3.63) is 70.8 Å². The standard InChI is InChI=1S/C23H29F2N3O3/c1-15-4-3-5-16(8-15)13-27-14-21(29)20(28-23(31)7-6-22(30)26-2)11-17-9-18(24)12-19(25)10-17/h3-5,8-10,12,20-21,27,29H,6-7,11,13-14H2,1-2H3,(H,26,30)(H,28,31)/t20-,21+/m0/s1. The molecule has 2 rings (SSSR count). The first-order chi connectivity index (χ1) is 14.8. The first-order valence-corrected chi connectivity index (χ1v) is 10.2. The summed E-state index contributed by atoms with van der Waals surface area (Å²) in [6.07, 6.45) is -1.03. The van der Waals surface area contributed by atoms with Gasteiger partial charge in [0.1, 0.15) is 11.6 Å². The Labute approximate surface area is 181 Å². The van der Waals surface area contributed by atoms with Crippen LogP contribution in [-0.2, 0) is 22.6 Å². The van der Waals surface area contributed by atoms with Crippen molar-refractivity contribution >= 4 is 11.8 Å². The topological polar surface area (TPSA) is 90.5 Å². The van der Waals surface area contributed by atoms with Gasteiger partial charge in [-0.15, -0.1) is 0 Å². The number of nitrogens with one attached hydrogen (secondary N) is 3. The Balaban J connectivity index is 2.02. The fourth-order valence-electron chi connectivity index (χ4n) is 3.23. The minimum atomic E-state index is -1.01. The van der Waals surface area contributed by atoms with E-state index in [0.29, 0.717) is 12.1 Å². The average Bonchev–Trinajstić information content (AvgIpc) is 2.70. The molecule has 0 unspecified atom stereocenters. The predicted octanol–water partition coefficient (Wildman–Crippen LogP) is 1.98. The average molecular weight is 433 g/mol. The number of aryl methyl sites for hydroxylation is 1. The number of aliphatic hydroxyl groups excluding tert-OH is 1. The van der Waals surface area contributed by atoms with Crippen LogP contribution < -0.4 is 16.0 Å². The number of halogens is 2. The molecule has 2 aromatic rings. The van der Waals surface area contributed by atoms with Crippen LogP contribution in [0, 0.1) is 18.6 Å². The Morgan fingerprint density at radius 1 is 1.00 bits per heavy atom. The number of aliphatic hydroxyl groups is 1. The van der Waals surface area contributed by atoms with E-state index in [-0.39, 0.29) is 31.7 Å². The molecule has 31 heavy (non-hydrogen) atoms. The van der Waals surface area contributed by atoms with E-state index in [4.69, 9.17) is 0 Å². The number of hydrogen-bond acceptors (Lipinski definition) is 4. The smallest absolute Gasteiger partial charge is 0.220 e. The van der Waals surface area contributed by atoms with E-state index >= 15 is 0 Å². The van der Waals surface area contributed by atoms with Gasteiger partial charge in [0.05, 0.1) is 12.1 Å². The van der Waals surface area contributed by atoms with Gasteiger partial charge in [-0.25, -0.2) is 8.78 Å². The minimum Gasteiger partial charge on any atom is -0.390 e. The molecule has 0 saturated heterocycles. The molecule has 0 saturated carbocycles. The number of rotatable bonds is 11. The van der Waals surface area contributed by atoms with E-state index < -0.39 is 29.7 Å². The third-order valence-electron chi connectivity index (χ3n) is 4.81. The third-order valence-corrected chi connectivity index (χ3v) is 4.81. The monoisotopic (exact) mass is 433 g/mol. The molecule has 2 aromatic carbocycles. The molecule has 4 N–H and O–H groups in total. The van der Waals surface area contributed by atoms with Crippen LogP contribution in [0.1, 0.15) is 29.5 Å². The van der Waals surface area contributed by atoms with Crippen LogP contribution in [0.4, 0.5) is 8.78 Å². The molecule has 168 valence electrons. The third kappa shape index (κ3) is 8.82. The lowest BCUT2D eigenvalue weighted by Gasteiger charge is -2.25. The lowest BCUT2D eigenvalue weighted by Crippen LogP contribution is -2.48. The van der Waals surface area contributed by atoms with Gasteiger partial charge in [0, 0.05) is 39.0 Å². The second-order valence-corrected chi connectivity index (χ2v) is 7.52. The van der Waals surface area contributed by atoms with Crippen LogP contribution in [0.25, 0.3) is 0 Å². The van der Waals surface area contributed by atoms with Crippen LogP contribution in [0.15, 0.2) is 42.5 Å². The van der Waals surface area contributed by atoms with E-state index in [9.17, 15) is 23.5 Å². The highest BCUT2D eigenvalue weighted by Crippen LogP contribution is 2.12. The summed E-state index contributed by atoms with van der Waals surface area (Å²) in [5.41, 5.74) is 2.48. The van der Waals surface area contributed by atoms with Gasteiger partial charge in [-0.2, -0.15) is 0 Å². The van der Waals surface area contributed by atoms with Gasteiger partial charge in [-0.3, -0.25) is 9.59 Å². The molecule has 0 radical (unpaired) electrons. The second kappa shape index (κ2) is 12.1.